The Bertz CT molecular complexity index is 3190. The molecule has 59 heavy (non-hydrogen) atoms. The van der Waals surface area contributed by atoms with Crippen molar-refractivity contribution in [2.24, 2.45) is 0 Å². The van der Waals surface area contributed by atoms with Crippen LogP contribution in [0.5, 0.6) is 0 Å². The first-order valence-corrected chi connectivity index (χ1v) is 20.4. The van der Waals surface area contributed by atoms with Gasteiger partial charge in [-0.05, 0) is 127 Å². The van der Waals surface area contributed by atoms with Crippen molar-refractivity contribution < 1.29 is 0 Å². The summed E-state index contributed by atoms with van der Waals surface area (Å²) >= 11 is 0. The molecule has 0 aromatic heterocycles. The molecule has 0 fully saturated rings. The normalized spacial score (nSPS) is 14.5. The van der Waals surface area contributed by atoms with Crippen molar-refractivity contribution in [2.75, 3.05) is 9.80 Å². The Hall–Kier alpha value is -7.68. The highest BCUT2D eigenvalue weighted by atomic mass is 15.2. The molecule has 0 aliphatic heterocycles. The van der Waals surface area contributed by atoms with Crippen LogP contribution >= 0.6 is 0 Å². The zero-order valence-corrected chi connectivity index (χ0v) is 32.3. The molecular weight excluding hydrogens is 713 g/mol. The van der Waals surface area contributed by atoms with Crippen molar-refractivity contribution in [1.29, 1.82) is 0 Å². The molecule has 0 heterocycles. The smallest absolute Gasteiger partial charge is 0.0747 e. The minimum absolute atomic E-state index is 0.624. The Morgan fingerprint density at radius 2 is 0.780 bits per heavy atom. The van der Waals surface area contributed by atoms with Crippen molar-refractivity contribution in [1.82, 2.24) is 0 Å². The minimum Gasteiger partial charge on any atom is -0.310 e. The zero-order valence-electron chi connectivity index (χ0n) is 32.3. The molecule has 2 heteroatoms. The third-order valence-corrected chi connectivity index (χ3v) is 12.6. The second-order valence-corrected chi connectivity index (χ2v) is 15.6. The zero-order chi connectivity index (χ0) is 38.9. The van der Waals surface area contributed by atoms with E-state index >= 15 is 0 Å². The second kappa shape index (κ2) is 13.2. The minimum atomic E-state index is -0.624. The molecular formula is C57H38N2. The monoisotopic (exact) mass is 750 g/mol. The summed E-state index contributed by atoms with van der Waals surface area (Å²) in [4.78, 5) is 4.90. The van der Waals surface area contributed by atoms with E-state index in [9.17, 15) is 0 Å². The number of nitrogens with zero attached hydrogens (tertiary/aromatic N) is 2. The van der Waals surface area contributed by atoms with E-state index in [1.54, 1.807) is 0 Å². The molecule has 276 valence electrons. The second-order valence-electron chi connectivity index (χ2n) is 15.6. The lowest BCUT2D eigenvalue weighted by molar-refractivity contribution is 0.793. The Morgan fingerprint density at radius 1 is 0.288 bits per heavy atom. The molecule has 0 radical (unpaired) electrons. The molecule has 0 bridgehead atoms. The lowest BCUT2D eigenvalue weighted by Gasteiger charge is -2.36. The summed E-state index contributed by atoms with van der Waals surface area (Å²) in [7, 11) is 0. The lowest BCUT2D eigenvalue weighted by Crippen LogP contribution is -2.28. The number of fused-ring (bicyclic) bond motifs is 13. The summed E-state index contributed by atoms with van der Waals surface area (Å²) in [6.07, 6.45) is 0. The van der Waals surface area contributed by atoms with Crippen LogP contribution in [-0.2, 0) is 5.41 Å². The van der Waals surface area contributed by atoms with E-state index in [0.717, 1.165) is 28.4 Å². The van der Waals surface area contributed by atoms with Gasteiger partial charge in [-0.1, -0.05) is 164 Å². The van der Waals surface area contributed by atoms with Crippen molar-refractivity contribution in [3.63, 3.8) is 0 Å². The van der Waals surface area contributed by atoms with Crippen molar-refractivity contribution >= 4 is 55.7 Å². The summed E-state index contributed by atoms with van der Waals surface area (Å²) in [5.41, 5.74) is 16.5. The van der Waals surface area contributed by atoms with Crippen LogP contribution < -0.4 is 9.80 Å². The van der Waals surface area contributed by atoms with E-state index in [-0.39, 0.29) is 0 Å². The highest BCUT2D eigenvalue weighted by Crippen LogP contribution is 2.67. The van der Waals surface area contributed by atoms with Gasteiger partial charge in [-0.15, -0.1) is 0 Å². The predicted octanol–water partition coefficient (Wildman–Crippen LogP) is 15.3. The van der Waals surface area contributed by atoms with E-state index in [4.69, 9.17) is 0 Å². The third-order valence-electron chi connectivity index (χ3n) is 12.6. The first kappa shape index (κ1) is 33.5. The molecule has 1 unspecified atom stereocenters. The maximum absolute atomic E-state index is 2.50. The molecule has 0 N–H and O–H groups in total. The number of hydrogen-bond acceptors (Lipinski definition) is 2. The predicted molar refractivity (Wildman–Crippen MR) is 247 cm³/mol. The van der Waals surface area contributed by atoms with Crippen LogP contribution in [0.4, 0.5) is 34.1 Å². The van der Waals surface area contributed by atoms with Crippen molar-refractivity contribution in [3.8, 4) is 22.3 Å². The largest absolute Gasteiger partial charge is 0.310 e. The summed E-state index contributed by atoms with van der Waals surface area (Å²) in [6.45, 7) is 0. The Kier molecular flexibility index (Phi) is 7.48. The average Bonchev–Trinajstić information content (AvgIpc) is 3.78. The number of para-hydroxylation sites is 3. The molecule has 12 rings (SSSR count). The molecule has 1 atom stereocenters. The van der Waals surface area contributed by atoms with Crippen molar-refractivity contribution in [3.05, 3.63) is 253 Å². The van der Waals surface area contributed by atoms with Gasteiger partial charge >= 0.3 is 0 Å². The topological polar surface area (TPSA) is 6.48 Å². The molecule has 2 aliphatic rings. The number of rotatable bonds is 6. The average molecular weight is 751 g/mol. The number of anilines is 6. The molecule has 1 spiro atoms. The maximum Gasteiger partial charge on any atom is 0.0747 e. The van der Waals surface area contributed by atoms with E-state index in [1.165, 1.54) is 71.7 Å². The van der Waals surface area contributed by atoms with Crippen LogP contribution in [0.15, 0.2) is 231 Å². The number of benzene rings is 10. The van der Waals surface area contributed by atoms with E-state index in [0.29, 0.717) is 0 Å². The van der Waals surface area contributed by atoms with Gasteiger partial charge in [0.2, 0.25) is 0 Å². The SMILES string of the molecule is c1ccc(N(c2ccc3c(c2)C2(c4ccccc4-3)c3ccccc3-c3c2c(N(c2ccccc2)c2ccccc2)cc2ccccc32)c2ccc3ccccc3c2)cc1. The quantitative estimate of drug-likeness (QED) is 0.167. The third kappa shape index (κ3) is 4.93. The first-order valence-electron chi connectivity index (χ1n) is 20.4. The standard InChI is InChI=1S/C57H38N2/c1-4-21-42(22-5-1)58(45-33-32-39-18-10-11-19-40(39)36-45)46-34-35-49-48-28-14-16-30-51(48)57(53(49)38-46)52-31-17-15-29-50(52)55-47-27-13-12-20-41(47)37-54(56(55)57)59(43-23-6-2-7-24-43)44-25-8-3-9-26-44/h1-38H. The highest BCUT2D eigenvalue weighted by Gasteiger charge is 2.54. The Morgan fingerprint density at radius 3 is 1.47 bits per heavy atom. The van der Waals surface area contributed by atoms with Gasteiger partial charge < -0.3 is 9.80 Å². The van der Waals surface area contributed by atoms with Gasteiger partial charge in [0.1, 0.15) is 0 Å². The van der Waals surface area contributed by atoms with Crippen LogP contribution in [0.3, 0.4) is 0 Å². The van der Waals surface area contributed by atoms with E-state index < -0.39 is 5.41 Å². The molecule has 0 amide bonds. The summed E-state index contributed by atoms with van der Waals surface area (Å²) in [5.74, 6) is 0. The molecule has 0 saturated heterocycles. The van der Waals surface area contributed by atoms with Gasteiger partial charge in [-0.25, -0.2) is 0 Å². The first-order chi connectivity index (χ1) is 29.3. The maximum atomic E-state index is 2.50. The van der Waals surface area contributed by atoms with Crippen molar-refractivity contribution in [2.45, 2.75) is 5.41 Å². The van der Waals surface area contributed by atoms with Crippen LogP contribution in [0, 0.1) is 0 Å². The fourth-order valence-electron chi connectivity index (χ4n) is 10.2. The number of hydrogen-bond donors (Lipinski definition) is 0. The molecule has 0 saturated carbocycles. The fourth-order valence-corrected chi connectivity index (χ4v) is 10.2. The summed E-state index contributed by atoms with van der Waals surface area (Å²) < 4.78 is 0. The fraction of sp³-hybridized carbons (Fsp3) is 0.0175. The molecule has 10 aromatic rings. The van der Waals surface area contributed by atoms with Crippen LogP contribution in [0.2, 0.25) is 0 Å². The van der Waals surface area contributed by atoms with E-state index in [2.05, 4.69) is 240 Å². The highest BCUT2D eigenvalue weighted by molar-refractivity contribution is 6.11. The van der Waals surface area contributed by atoms with Gasteiger partial charge in [0.25, 0.3) is 0 Å². The van der Waals surface area contributed by atoms with Gasteiger partial charge in [-0.3, -0.25) is 0 Å². The van der Waals surface area contributed by atoms with Crippen LogP contribution in [0.25, 0.3) is 43.8 Å². The van der Waals surface area contributed by atoms with Gasteiger partial charge in [-0.2, -0.15) is 0 Å². The van der Waals surface area contributed by atoms with Crippen LogP contribution in [-0.4, -0.2) is 0 Å². The summed E-state index contributed by atoms with van der Waals surface area (Å²) in [6, 6.07) is 84.9. The van der Waals surface area contributed by atoms with Gasteiger partial charge in [0.15, 0.2) is 0 Å². The lowest BCUT2D eigenvalue weighted by atomic mass is 9.69. The molecule has 2 nitrogen and oxygen atoms in total. The van der Waals surface area contributed by atoms with Gasteiger partial charge in [0.05, 0.1) is 11.1 Å². The van der Waals surface area contributed by atoms with E-state index in [1.807, 2.05) is 0 Å². The Labute approximate surface area is 344 Å². The summed E-state index contributed by atoms with van der Waals surface area (Å²) in [5, 5.41) is 4.93. The van der Waals surface area contributed by atoms with Gasteiger partial charge in [0, 0.05) is 34.0 Å². The Balaban J connectivity index is 1.21. The molecule has 10 aromatic carbocycles. The molecule has 2 aliphatic carbocycles. The van der Waals surface area contributed by atoms with Crippen LogP contribution in [0.1, 0.15) is 22.3 Å².